The van der Waals surface area contributed by atoms with Gasteiger partial charge in [0.1, 0.15) is 0 Å². The van der Waals surface area contributed by atoms with Gasteiger partial charge in [-0.1, -0.05) is 11.6 Å². The number of fused-ring (bicyclic) bond motifs is 1. The van der Waals surface area contributed by atoms with E-state index in [4.69, 9.17) is 16.7 Å². The van der Waals surface area contributed by atoms with Crippen LogP contribution >= 0.6 is 11.6 Å². The van der Waals surface area contributed by atoms with Crippen LogP contribution in [0.4, 0.5) is 5.69 Å². The normalized spacial score (nSPS) is 19.6. The highest BCUT2D eigenvalue weighted by Gasteiger charge is 2.27. The minimum atomic E-state index is -0.931. The predicted molar refractivity (Wildman–Crippen MR) is 59.7 cm³/mol. The second kappa shape index (κ2) is 4.14. The van der Waals surface area contributed by atoms with E-state index in [1.165, 1.54) is 0 Å². The molecule has 5 heteroatoms. The van der Waals surface area contributed by atoms with Crippen molar-refractivity contribution in [2.75, 3.05) is 5.32 Å². The van der Waals surface area contributed by atoms with E-state index >= 15 is 0 Å². The number of carboxylic acid groups (broad SMARTS) is 1. The van der Waals surface area contributed by atoms with E-state index in [0.717, 1.165) is 0 Å². The van der Waals surface area contributed by atoms with E-state index in [-0.39, 0.29) is 12.3 Å². The molecule has 0 saturated carbocycles. The number of amides is 1. The van der Waals surface area contributed by atoms with E-state index in [0.29, 0.717) is 22.7 Å². The zero-order chi connectivity index (χ0) is 11.7. The smallest absolute Gasteiger partial charge is 0.311 e. The molecule has 0 aromatic heterocycles. The highest BCUT2D eigenvalue weighted by Crippen LogP contribution is 2.33. The lowest BCUT2D eigenvalue weighted by molar-refractivity contribution is -0.138. The Balaban J connectivity index is 2.51. The number of benzene rings is 1. The van der Waals surface area contributed by atoms with Crippen LogP contribution < -0.4 is 5.32 Å². The van der Waals surface area contributed by atoms with E-state index in [2.05, 4.69) is 5.32 Å². The van der Waals surface area contributed by atoms with E-state index in [9.17, 15) is 9.59 Å². The minimum absolute atomic E-state index is 0.160. The Kier molecular flexibility index (Phi) is 2.83. The first-order valence-electron chi connectivity index (χ1n) is 4.90. The summed E-state index contributed by atoms with van der Waals surface area (Å²) in [6.45, 7) is 0. The monoisotopic (exact) mass is 239 g/mol. The topological polar surface area (TPSA) is 66.4 Å². The van der Waals surface area contributed by atoms with Gasteiger partial charge in [0.15, 0.2) is 0 Å². The number of anilines is 1. The molecule has 1 unspecified atom stereocenters. The van der Waals surface area contributed by atoms with E-state index in [1.807, 2.05) is 0 Å². The summed E-state index contributed by atoms with van der Waals surface area (Å²) in [6, 6.07) is 4.86. The summed E-state index contributed by atoms with van der Waals surface area (Å²) in [4.78, 5) is 22.5. The third-order valence-electron chi connectivity index (χ3n) is 2.62. The van der Waals surface area contributed by atoms with Crippen molar-refractivity contribution >= 4 is 29.2 Å². The standard InChI is InChI=1S/C11H10ClNO3/c12-6-1-3-9-8(5-6)7(11(15)16)2-4-10(14)13-9/h1,3,5,7H,2,4H2,(H,13,14)(H,15,16). The molecule has 1 aromatic rings. The molecule has 1 atom stereocenters. The van der Waals surface area contributed by atoms with Gasteiger partial charge in [-0.3, -0.25) is 9.59 Å². The summed E-state index contributed by atoms with van der Waals surface area (Å²) in [5, 5.41) is 12.3. The van der Waals surface area contributed by atoms with Crippen LogP contribution in [0.3, 0.4) is 0 Å². The SMILES string of the molecule is O=C1CCC(C(=O)O)c2cc(Cl)ccc2N1. The van der Waals surface area contributed by atoms with Crippen LogP contribution in [0.25, 0.3) is 0 Å². The van der Waals surface area contributed by atoms with Crippen molar-refractivity contribution < 1.29 is 14.7 Å². The molecule has 1 aliphatic heterocycles. The predicted octanol–water partition coefficient (Wildman–Crippen LogP) is 2.24. The van der Waals surface area contributed by atoms with Gasteiger partial charge in [-0.25, -0.2) is 0 Å². The van der Waals surface area contributed by atoms with Gasteiger partial charge in [-0.2, -0.15) is 0 Å². The fourth-order valence-electron chi connectivity index (χ4n) is 1.84. The third-order valence-corrected chi connectivity index (χ3v) is 2.86. The van der Waals surface area contributed by atoms with Crippen LogP contribution in [0.2, 0.25) is 5.02 Å². The van der Waals surface area contributed by atoms with Crippen LogP contribution in [-0.2, 0) is 9.59 Å². The Bertz CT molecular complexity index is 459. The Hall–Kier alpha value is -1.55. The number of halogens is 1. The van der Waals surface area contributed by atoms with Crippen molar-refractivity contribution in [2.24, 2.45) is 0 Å². The summed E-state index contributed by atoms with van der Waals surface area (Å²) in [7, 11) is 0. The molecule has 1 heterocycles. The lowest BCUT2D eigenvalue weighted by Crippen LogP contribution is -2.11. The van der Waals surface area contributed by atoms with Gasteiger partial charge >= 0.3 is 5.97 Å². The second-order valence-electron chi connectivity index (χ2n) is 3.71. The molecule has 0 aliphatic carbocycles. The maximum absolute atomic E-state index is 11.4. The number of rotatable bonds is 1. The number of carbonyl (C=O) groups excluding carboxylic acids is 1. The maximum Gasteiger partial charge on any atom is 0.311 e. The van der Waals surface area contributed by atoms with Crippen LogP contribution in [0, 0.1) is 0 Å². The van der Waals surface area contributed by atoms with Crippen molar-refractivity contribution in [2.45, 2.75) is 18.8 Å². The van der Waals surface area contributed by atoms with E-state index in [1.54, 1.807) is 18.2 Å². The number of carboxylic acids is 1. The molecular formula is C11H10ClNO3. The molecule has 0 spiro atoms. The lowest BCUT2D eigenvalue weighted by Gasteiger charge is -2.12. The van der Waals surface area contributed by atoms with Gasteiger partial charge in [0.25, 0.3) is 0 Å². The van der Waals surface area contributed by atoms with Gasteiger partial charge in [0, 0.05) is 17.1 Å². The van der Waals surface area contributed by atoms with Crippen molar-refractivity contribution in [1.29, 1.82) is 0 Å². The lowest BCUT2D eigenvalue weighted by atomic mass is 9.94. The Morgan fingerprint density at radius 2 is 2.25 bits per heavy atom. The van der Waals surface area contributed by atoms with Gasteiger partial charge < -0.3 is 10.4 Å². The summed E-state index contributed by atoms with van der Waals surface area (Å²) in [5.41, 5.74) is 1.12. The highest BCUT2D eigenvalue weighted by molar-refractivity contribution is 6.30. The molecule has 2 N–H and O–H groups in total. The van der Waals surface area contributed by atoms with Gasteiger partial charge in [0.05, 0.1) is 5.92 Å². The number of aliphatic carboxylic acids is 1. The van der Waals surface area contributed by atoms with Gasteiger partial charge in [-0.05, 0) is 30.2 Å². The van der Waals surface area contributed by atoms with Crippen LogP contribution in [0.5, 0.6) is 0 Å². The summed E-state index contributed by atoms with van der Waals surface area (Å²) in [5.74, 6) is -1.76. The molecule has 84 valence electrons. The number of nitrogens with one attached hydrogen (secondary N) is 1. The fraction of sp³-hybridized carbons (Fsp3) is 0.273. The summed E-state index contributed by atoms with van der Waals surface area (Å²) < 4.78 is 0. The first-order valence-corrected chi connectivity index (χ1v) is 5.28. The van der Waals surface area contributed by atoms with E-state index < -0.39 is 11.9 Å². The van der Waals surface area contributed by atoms with Gasteiger partial charge in [-0.15, -0.1) is 0 Å². The van der Waals surface area contributed by atoms with Crippen LogP contribution in [0.15, 0.2) is 18.2 Å². The van der Waals surface area contributed by atoms with Crippen molar-refractivity contribution in [1.82, 2.24) is 0 Å². The quantitative estimate of drug-likeness (QED) is 0.790. The average Bonchev–Trinajstić information content (AvgIpc) is 2.36. The molecule has 2 rings (SSSR count). The summed E-state index contributed by atoms with van der Waals surface area (Å²) >= 11 is 5.83. The molecular weight excluding hydrogens is 230 g/mol. The largest absolute Gasteiger partial charge is 0.481 e. The minimum Gasteiger partial charge on any atom is -0.481 e. The molecule has 1 amide bonds. The molecule has 0 fully saturated rings. The van der Waals surface area contributed by atoms with Gasteiger partial charge in [0.2, 0.25) is 5.91 Å². The highest BCUT2D eigenvalue weighted by atomic mass is 35.5. The maximum atomic E-state index is 11.4. The van der Waals surface area contributed by atoms with Crippen molar-refractivity contribution in [3.05, 3.63) is 28.8 Å². The number of carbonyl (C=O) groups is 2. The number of hydrogen-bond acceptors (Lipinski definition) is 2. The number of hydrogen-bond donors (Lipinski definition) is 2. The summed E-state index contributed by atoms with van der Waals surface area (Å²) in [6.07, 6.45) is 0.512. The Labute approximate surface area is 97.2 Å². The first-order chi connectivity index (χ1) is 7.58. The first kappa shape index (κ1) is 11.0. The zero-order valence-corrected chi connectivity index (χ0v) is 9.12. The Morgan fingerprint density at radius 1 is 1.50 bits per heavy atom. The van der Waals surface area contributed by atoms with Crippen molar-refractivity contribution in [3.63, 3.8) is 0 Å². The second-order valence-corrected chi connectivity index (χ2v) is 4.15. The molecule has 0 radical (unpaired) electrons. The molecule has 1 aromatic carbocycles. The fourth-order valence-corrected chi connectivity index (χ4v) is 2.02. The molecule has 16 heavy (non-hydrogen) atoms. The molecule has 0 bridgehead atoms. The molecule has 0 saturated heterocycles. The average molecular weight is 240 g/mol. The van der Waals surface area contributed by atoms with Crippen molar-refractivity contribution in [3.8, 4) is 0 Å². The zero-order valence-electron chi connectivity index (χ0n) is 8.37. The molecule has 4 nitrogen and oxygen atoms in total. The third kappa shape index (κ3) is 2.02. The molecule has 1 aliphatic rings. The van der Waals surface area contributed by atoms with Crippen LogP contribution in [0.1, 0.15) is 24.3 Å². The Morgan fingerprint density at radius 3 is 2.94 bits per heavy atom. The van der Waals surface area contributed by atoms with Crippen LogP contribution in [-0.4, -0.2) is 17.0 Å².